The van der Waals surface area contributed by atoms with Gasteiger partial charge in [-0.15, -0.1) is 0 Å². The fourth-order valence-corrected chi connectivity index (χ4v) is 6.46. The minimum absolute atomic E-state index is 0.0199. The number of carbonyl (C=O) groups excluding carboxylic acids is 2. The molecule has 0 unspecified atom stereocenters. The van der Waals surface area contributed by atoms with Crippen LogP contribution in [0.1, 0.15) is 84.0 Å². The first-order valence-electron chi connectivity index (χ1n) is 12.5. The Labute approximate surface area is 189 Å². The summed E-state index contributed by atoms with van der Waals surface area (Å²) in [5, 5.41) is 0. The second-order valence-corrected chi connectivity index (χ2v) is 10.7. The molecule has 2 amide bonds. The van der Waals surface area contributed by atoms with Crippen LogP contribution in [-0.2, 0) is 9.59 Å². The highest BCUT2D eigenvalue weighted by Gasteiger charge is 2.57. The second-order valence-electron chi connectivity index (χ2n) is 10.7. The molecule has 4 atom stereocenters. The van der Waals surface area contributed by atoms with Crippen molar-refractivity contribution in [3.05, 3.63) is 0 Å². The van der Waals surface area contributed by atoms with E-state index in [9.17, 15) is 22.8 Å². The van der Waals surface area contributed by atoms with Gasteiger partial charge in [0.25, 0.3) is 0 Å². The predicted molar refractivity (Wildman–Crippen MR) is 116 cm³/mol. The molecule has 3 aliphatic heterocycles. The lowest BCUT2D eigenvalue weighted by Crippen LogP contribution is -2.53. The third-order valence-electron chi connectivity index (χ3n) is 8.49. The molecule has 182 valence electrons. The van der Waals surface area contributed by atoms with Gasteiger partial charge in [0.2, 0.25) is 11.8 Å². The summed E-state index contributed by atoms with van der Waals surface area (Å²) in [7, 11) is 1.90. The van der Waals surface area contributed by atoms with E-state index in [2.05, 4.69) is 11.8 Å². The molecule has 0 aromatic carbocycles. The van der Waals surface area contributed by atoms with Gasteiger partial charge in [0.15, 0.2) is 0 Å². The molecule has 0 aromatic rings. The van der Waals surface area contributed by atoms with Crippen LogP contribution in [0.2, 0.25) is 0 Å². The van der Waals surface area contributed by atoms with Gasteiger partial charge in [-0.2, -0.15) is 13.2 Å². The molecule has 0 N–H and O–H groups in total. The van der Waals surface area contributed by atoms with Crippen LogP contribution in [-0.4, -0.2) is 76.5 Å². The van der Waals surface area contributed by atoms with E-state index in [1.165, 1.54) is 0 Å². The van der Waals surface area contributed by atoms with E-state index in [1.807, 2.05) is 16.8 Å². The average molecular weight is 458 g/mol. The number of fused-ring (bicyclic) bond motifs is 1. The van der Waals surface area contributed by atoms with E-state index in [4.69, 9.17) is 0 Å². The van der Waals surface area contributed by atoms with Crippen LogP contribution in [0.15, 0.2) is 0 Å². The first-order valence-corrected chi connectivity index (χ1v) is 12.5. The maximum Gasteiger partial charge on any atom is 0.389 e. The summed E-state index contributed by atoms with van der Waals surface area (Å²) in [6.07, 6.45) is 3.84. The fourth-order valence-electron chi connectivity index (χ4n) is 6.46. The van der Waals surface area contributed by atoms with Gasteiger partial charge in [0.05, 0.1) is 0 Å². The minimum Gasteiger partial charge on any atom is -0.335 e. The SMILES string of the molecule is CC[C@H]1CN(C(=O)[C@@H]2CC[C@@H]3C[C@@H](N(C)CCCC(F)(F)F)CCCC(=O)N32)C2(CC2)C1. The van der Waals surface area contributed by atoms with Crippen molar-refractivity contribution in [1.29, 1.82) is 0 Å². The van der Waals surface area contributed by atoms with Gasteiger partial charge < -0.3 is 14.7 Å². The van der Waals surface area contributed by atoms with E-state index in [1.54, 1.807) is 0 Å². The van der Waals surface area contributed by atoms with Gasteiger partial charge in [-0.25, -0.2) is 0 Å². The van der Waals surface area contributed by atoms with Crippen LogP contribution in [0.4, 0.5) is 13.2 Å². The molecule has 32 heavy (non-hydrogen) atoms. The molecule has 4 rings (SSSR count). The van der Waals surface area contributed by atoms with Gasteiger partial charge in [-0.05, 0) is 77.3 Å². The van der Waals surface area contributed by atoms with Crippen molar-refractivity contribution in [1.82, 2.24) is 14.7 Å². The molecule has 3 saturated heterocycles. The smallest absolute Gasteiger partial charge is 0.335 e. The molecule has 5 nitrogen and oxygen atoms in total. The van der Waals surface area contributed by atoms with Gasteiger partial charge in [-0.3, -0.25) is 9.59 Å². The van der Waals surface area contributed by atoms with Crippen LogP contribution in [0.3, 0.4) is 0 Å². The lowest BCUT2D eigenvalue weighted by molar-refractivity contribution is -0.147. The summed E-state index contributed by atoms with van der Waals surface area (Å²) in [5.74, 6) is 0.793. The number of halogens is 3. The Balaban J connectivity index is 1.41. The minimum atomic E-state index is -4.12. The molecular weight excluding hydrogens is 419 g/mol. The summed E-state index contributed by atoms with van der Waals surface area (Å²) in [6.45, 7) is 3.42. The van der Waals surface area contributed by atoms with Crippen molar-refractivity contribution < 1.29 is 22.8 Å². The molecule has 4 aliphatic rings. The Morgan fingerprint density at radius 2 is 1.97 bits per heavy atom. The lowest BCUT2D eigenvalue weighted by atomic mass is 9.95. The Hall–Kier alpha value is -1.31. The summed E-state index contributed by atoms with van der Waals surface area (Å²) >= 11 is 0. The maximum atomic E-state index is 13.6. The summed E-state index contributed by atoms with van der Waals surface area (Å²) < 4.78 is 37.6. The molecule has 8 heteroatoms. The van der Waals surface area contributed by atoms with E-state index >= 15 is 0 Å². The van der Waals surface area contributed by atoms with E-state index in [0.29, 0.717) is 25.3 Å². The van der Waals surface area contributed by atoms with Crippen LogP contribution >= 0.6 is 0 Å². The maximum absolute atomic E-state index is 13.6. The van der Waals surface area contributed by atoms with Crippen molar-refractivity contribution >= 4 is 11.8 Å². The van der Waals surface area contributed by atoms with Crippen molar-refractivity contribution in [3.63, 3.8) is 0 Å². The molecular formula is C24H38F3N3O2. The number of nitrogens with zero attached hydrogens (tertiary/aromatic N) is 3. The number of hydrogen-bond donors (Lipinski definition) is 0. The Morgan fingerprint density at radius 1 is 1.22 bits per heavy atom. The number of rotatable bonds is 6. The quantitative estimate of drug-likeness (QED) is 0.596. The largest absolute Gasteiger partial charge is 0.389 e. The standard InChI is InChI=1S/C24H38F3N3O2/c1-3-17-15-23(11-12-23)29(16-17)22(32)20-9-8-19-14-18(6-4-7-21(31)30(19)20)28(2)13-5-10-24(25,26)27/h17-20H,3-16H2,1-2H3/t17-,18+,19-,20+/m1/s1. The van der Waals surface area contributed by atoms with Crippen LogP contribution in [0, 0.1) is 5.92 Å². The number of carbonyl (C=O) groups is 2. The van der Waals surface area contributed by atoms with Gasteiger partial charge in [0, 0.05) is 37.0 Å². The Kier molecular flexibility index (Phi) is 6.81. The van der Waals surface area contributed by atoms with Gasteiger partial charge >= 0.3 is 6.18 Å². The molecule has 0 bridgehead atoms. The van der Waals surface area contributed by atoms with Gasteiger partial charge in [0.1, 0.15) is 6.04 Å². The van der Waals surface area contributed by atoms with Crippen molar-refractivity contribution in [2.24, 2.45) is 5.92 Å². The van der Waals surface area contributed by atoms with Crippen LogP contribution in [0.5, 0.6) is 0 Å². The summed E-state index contributed by atoms with van der Waals surface area (Å²) in [5.41, 5.74) is 0.0584. The van der Waals surface area contributed by atoms with Crippen molar-refractivity contribution in [2.75, 3.05) is 20.1 Å². The second kappa shape index (κ2) is 9.15. The summed E-state index contributed by atoms with van der Waals surface area (Å²) in [6, 6.07) is -0.176. The molecule has 1 spiro atoms. The fraction of sp³-hybridized carbons (Fsp3) is 0.917. The molecule has 1 aliphatic carbocycles. The number of likely N-dealkylation sites (tertiary alicyclic amines) is 1. The van der Waals surface area contributed by atoms with Crippen LogP contribution < -0.4 is 0 Å². The van der Waals surface area contributed by atoms with E-state index < -0.39 is 12.6 Å². The third-order valence-corrected chi connectivity index (χ3v) is 8.49. The first-order chi connectivity index (χ1) is 15.1. The topological polar surface area (TPSA) is 43.9 Å². The van der Waals surface area contributed by atoms with Crippen LogP contribution in [0.25, 0.3) is 0 Å². The Morgan fingerprint density at radius 3 is 2.62 bits per heavy atom. The van der Waals surface area contributed by atoms with Gasteiger partial charge in [-0.1, -0.05) is 13.3 Å². The number of amides is 2. The number of alkyl halides is 3. The highest BCUT2D eigenvalue weighted by Crippen LogP contribution is 2.52. The zero-order valence-electron chi connectivity index (χ0n) is 19.5. The third kappa shape index (κ3) is 4.95. The monoisotopic (exact) mass is 457 g/mol. The molecule has 4 fully saturated rings. The molecule has 0 aromatic heterocycles. The summed E-state index contributed by atoms with van der Waals surface area (Å²) in [4.78, 5) is 32.7. The number of hydrogen-bond acceptors (Lipinski definition) is 3. The molecule has 3 heterocycles. The molecule has 0 radical (unpaired) electrons. The lowest BCUT2D eigenvalue weighted by Gasteiger charge is -2.39. The zero-order valence-corrected chi connectivity index (χ0v) is 19.5. The average Bonchev–Trinajstić information content (AvgIpc) is 3.21. The highest BCUT2D eigenvalue weighted by atomic mass is 19.4. The zero-order chi connectivity index (χ0) is 23.1. The Bertz CT molecular complexity index is 709. The van der Waals surface area contributed by atoms with E-state index in [0.717, 1.165) is 57.9 Å². The van der Waals surface area contributed by atoms with E-state index in [-0.39, 0.29) is 41.9 Å². The normalized spacial score (nSPS) is 32.4. The predicted octanol–water partition coefficient (Wildman–Crippen LogP) is 4.35. The van der Waals surface area contributed by atoms with Crippen molar-refractivity contribution in [3.8, 4) is 0 Å². The highest BCUT2D eigenvalue weighted by molar-refractivity contribution is 5.89. The van der Waals surface area contributed by atoms with Crippen molar-refractivity contribution in [2.45, 2.75) is 114 Å². The first kappa shape index (κ1) is 23.8. The molecule has 1 saturated carbocycles.